The Bertz CT molecular complexity index is 1610. The summed E-state index contributed by atoms with van der Waals surface area (Å²) >= 11 is 1.20. The summed E-state index contributed by atoms with van der Waals surface area (Å²) in [4.78, 5) is 27.6. The highest BCUT2D eigenvalue weighted by Gasteiger charge is 2.18. The summed E-state index contributed by atoms with van der Waals surface area (Å²) < 4.78 is 6.90. The summed E-state index contributed by atoms with van der Waals surface area (Å²) in [5.41, 5.74) is 2.08. The molecule has 2 heterocycles. The molecular weight excluding hydrogens is 486 g/mol. The van der Waals surface area contributed by atoms with Gasteiger partial charge in [0.15, 0.2) is 6.61 Å². The predicted octanol–water partition coefficient (Wildman–Crippen LogP) is 3.98. The molecule has 0 unspecified atom stereocenters. The van der Waals surface area contributed by atoms with E-state index in [9.17, 15) is 25.1 Å². The third kappa shape index (κ3) is 4.52. The molecule has 5 rings (SSSR count). The molecule has 4 aromatic rings. The third-order valence-electron chi connectivity index (χ3n) is 5.21. The van der Waals surface area contributed by atoms with Crippen LogP contribution in [0.5, 0.6) is 17.2 Å². The van der Waals surface area contributed by atoms with Crippen molar-refractivity contribution in [1.82, 2.24) is 4.68 Å². The van der Waals surface area contributed by atoms with E-state index in [0.717, 1.165) is 0 Å². The van der Waals surface area contributed by atoms with Crippen molar-refractivity contribution in [3.8, 4) is 28.5 Å². The second-order valence-electron chi connectivity index (χ2n) is 7.61. The number of carbonyl (C=O) groups is 1. The van der Waals surface area contributed by atoms with Crippen LogP contribution in [0.4, 0.5) is 17.1 Å². The Balaban J connectivity index is 1.67. The molecule has 0 atom stereocenters. The molecule has 0 saturated carbocycles. The van der Waals surface area contributed by atoms with Gasteiger partial charge in [-0.25, -0.2) is 9.67 Å². The standard InChI is InChI=1S/C24H17N5O6S/c30-16-7-5-15(21(31)10-16)11-25-28-20(14-6-8-22-18(9-14)26-23(32)12-35-22)13-36-24(28)27-17-3-1-2-4-19(17)29(33)34/h1-11,13,30-31H,12H2,(H,26,32). The summed E-state index contributed by atoms with van der Waals surface area (Å²) in [5.74, 6) is -0.0194. The van der Waals surface area contributed by atoms with Crippen molar-refractivity contribution in [3.05, 3.63) is 86.5 Å². The van der Waals surface area contributed by atoms with E-state index >= 15 is 0 Å². The molecule has 12 heteroatoms. The molecule has 1 aliphatic rings. The fraction of sp³-hybridized carbons (Fsp3) is 0.0417. The van der Waals surface area contributed by atoms with Gasteiger partial charge < -0.3 is 20.3 Å². The van der Waals surface area contributed by atoms with E-state index in [1.54, 1.807) is 35.7 Å². The van der Waals surface area contributed by atoms with Crippen LogP contribution in [-0.2, 0) is 4.79 Å². The quantitative estimate of drug-likeness (QED) is 0.213. The molecule has 36 heavy (non-hydrogen) atoms. The van der Waals surface area contributed by atoms with Gasteiger partial charge in [-0.3, -0.25) is 14.9 Å². The lowest BCUT2D eigenvalue weighted by Gasteiger charge is -2.18. The van der Waals surface area contributed by atoms with E-state index in [2.05, 4.69) is 15.4 Å². The van der Waals surface area contributed by atoms with E-state index in [1.165, 1.54) is 52.6 Å². The number of benzene rings is 3. The number of nitro groups is 1. The van der Waals surface area contributed by atoms with E-state index in [4.69, 9.17) is 4.74 Å². The Morgan fingerprint density at radius 1 is 1.14 bits per heavy atom. The lowest BCUT2D eigenvalue weighted by molar-refractivity contribution is -0.384. The minimum atomic E-state index is -0.512. The van der Waals surface area contributed by atoms with E-state index in [1.807, 2.05) is 0 Å². The highest BCUT2D eigenvalue weighted by atomic mass is 32.1. The summed E-state index contributed by atoms with van der Waals surface area (Å²) in [6.45, 7) is -0.0654. The van der Waals surface area contributed by atoms with E-state index in [0.29, 0.717) is 33.1 Å². The lowest BCUT2D eigenvalue weighted by atomic mass is 10.1. The molecule has 11 nitrogen and oxygen atoms in total. The molecule has 0 spiro atoms. The lowest BCUT2D eigenvalue weighted by Crippen LogP contribution is -2.25. The second-order valence-corrected chi connectivity index (χ2v) is 8.44. The smallest absolute Gasteiger partial charge is 0.294 e. The summed E-state index contributed by atoms with van der Waals surface area (Å²) in [5, 5.41) is 40.2. The first-order valence-electron chi connectivity index (χ1n) is 10.5. The van der Waals surface area contributed by atoms with Crippen LogP contribution < -0.4 is 14.9 Å². The Labute approximate surface area is 207 Å². The number of rotatable bonds is 5. The second kappa shape index (κ2) is 9.35. The van der Waals surface area contributed by atoms with Crippen molar-refractivity contribution in [2.24, 2.45) is 10.1 Å². The van der Waals surface area contributed by atoms with Gasteiger partial charge in [-0.15, -0.1) is 11.3 Å². The number of phenolic OH excluding ortho intramolecular Hbond substituents is 2. The van der Waals surface area contributed by atoms with Crippen LogP contribution in [0.2, 0.25) is 0 Å². The zero-order valence-electron chi connectivity index (χ0n) is 18.4. The van der Waals surface area contributed by atoms with Gasteiger partial charge >= 0.3 is 0 Å². The number of carbonyl (C=O) groups excluding carboxylic acids is 1. The number of para-hydroxylation sites is 2. The number of nitrogens with one attached hydrogen (secondary N) is 1. The van der Waals surface area contributed by atoms with Crippen LogP contribution in [0.15, 0.2) is 76.1 Å². The maximum atomic E-state index is 11.8. The van der Waals surface area contributed by atoms with Gasteiger partial charge in [0.1, 0.15) is 22.9 Å². The van der Waals surface area contributed by atoms with Gasteiger partial charge in [0.25, 0.3) is 11.6 Å². The fourth-order valence-corrected chi connectivity index (χ4v) is 4.36. The monoisotopic (exact) mass is 503 g/mol. The highest BCUT2D eigenvalue weighted by Crippen LogP contribution is 2.33. The number of nitrogens with zero attached hydrogens (tertiary/aromatic N) is 4. The maximum Gasteiger partial charge on any atom is 0.294 e. The number of fused-ring (bicyclic) bond motifs is 1. The Kier molecular flexibility index (Phi) is 5.92. The zero-order chi connectivity index (χ0) is 25.2. The molecular formula is C24H17N5O6S. The van der Waals surface area contributed by atoms with Crippen LogP contribution in [0, 0.1) is 10.1 Å². The van der Waals surface area contributed by atoms with Crippen molar-refractivity contribution in [2.45, 2.75) is 0 Å². The molecule has 3 N–H and O–H groups in total. The predicted molar refractivity (Wildman–Crippen MR) is 133 cm³/mol. The average Bonchev–Trinajstić information content (AvgIpc) is 3.25. The van der Waals surface area contributed by atoms with Crippen LogP contribution in [0.25, 0.3) is 11.3 Å². The van der Waals surface area contributed by atoms with Gasteiger partial charge in [0.05, 0.1) is 22.5 Å². The largest absolute Gasteiger partial charge is 0.508 e. The third-order valence-corrected chi connectivity index (χ3v) is 6.03. The van der Waals surface area contributed by atoms with Crippen LogP contribution in [0.1, 0.15) is 5.56 Å². The van der Waals surface area contributed by atoms with Gasteiger partial charge in [0.2, 0.25) is 4.80 Å². The van der Waals surface area contributed by atoms with Crippen LogP contribution >= 0.6 is 11.3 Å². The number of anilines is 1. The van der Waals surface area contributed by atoms with E-state index in [-0.39, 0.29) is 35.4 Å². The molecule has 0 radical (unpaired) electrons. The first kappa shape index (κ1) is 22.8. The zero-order valence-corrected chi connectivity index (χ0v) is 19.2. The van der Waals surface area contributed by atoms with Gasteiger partial charge in [-0.05, 0) is 36.4 Å². The molecule has 1 aromatic heterocycles. The van der Waals surface area contributed by atoms with Gasteiger partial charge in [-0.2, -0.15) is 5.10 Å². The first-order valence-corrected chi connectivity index (χ1v) is 11.4. The molecule has 0 fully saturated rings. The number of thiazole rings is 1. The summed E-state index contributed by atoms with van der Waals surface area (Å²) in [6.07, 6.45) is 1.38. The topological polar surface area (TPSA) is 152 Å². The molecule has 0 bridgehead atoms. The molecule has 0 saturated heterocycles. The molecule has 3 aromatic carbocycles. The van der Waals surface area contributed by atoms with Crippen LogP contribution in [-0.4, -0.2) is 38.5 Å². The normalized spacial score (nSPS) is 13.3. The molecule has 1 aliphatic heterocycles. The first-order chi connectivity index (χ1) is 17.4. The summed E-state index contributed by atoms with van der Waals surface area (Å²) in [7, 11) is 0. The minimum Gasteiger partial charge on any atom is -0.508 e. The van der Waals surface area contributed by atoms with Crippen molar-refractivity contribution < 1.29 is 24.7 Å². The van der Waals surface area contributed by atoms with Crippen molar-refractivity contribution in [1.29, 1.82) is 0 Å². The number of nitro benzene ring substituents is 1. The molecule has 0 aliphatic carbocycles. The summed E-state index contributed by atoms with van der Waals surface area (Å²) in [6, 6.07) is 15.4. The van der Waals surface area contributed by atoms with Gasteiger partial charge in [-0.1, -0.05) is 12.1 Å². The Morgan fingerprint density at radius 2 is 1.97 bits per heavy atom. The SMILES string of the molecule is O=C1COc2ccc(-c3csc(=Nc4ccccc4[N+](=O)[O-])n3N=Cc3ccc(O)cc3O)cc2N1. The van der Waals surface area contributed by atoms with Crippen LogP contribution in [0.3, 0.4) is 0 Å². The number of amides is 1. The Hall–Kier alpha value is -4.97. The number of aromatic nitrogens is 1. The fourth-order valence-electron chi connectivity index (χ4n) is 3.51. The van der Waals surface area contributed by atoms with Gasteiger partial charge in [0, 0.05) is 28.6 Å². The molecule has 180 valence electrons. The van der Waals surface area contributed by atoms with Crippen molar-refractivity contribution >= 4 is 40.5 Å². The average molecular weight is 503 g/mol. The van der Waals surface area contributed by atoms with E-state index < -0.39 is 4.92 Å². The number of hydrogen-bond acceptors (Lipinski definition) is 9. The molecule has 1 amide bonds. The highest BCUT2D eigenvalue weighted by molar-refractivity contribution is 7.07. The van der Waals surface area contributed by atoms with Crippen molar-refractivity contribution in [2.75, 3.05) is 11.9 Å². The number of aromatic hydroxyl groups is 2. The minimum absolute atomic E-state index is 0.0654. The number of phenols is 2. The Morgan fingerprint density at radius 3 is 2.78 bits per heavy atom. The van der Waals surface area contributed by atoms with Crippen molar-refractivity contribution in [3.63, 3.8) is 0 Å². The number of hydrogen-bond donors (Lipinski definition) is 3. The number of ether oxygens (including phenoxy) is 1. The maximum absolute atomic E-state index is 11.8.